The molecule has 0 heterocycles. The highest BCUT2D eigenvalue weighted by Crippen LogP contribution is 2.25. The molecule has 0 saturated carbocycles. The number of amides is 1. The number of carbonyl (C=O) groups is 1. The number of rotatable bonds is 8. The molecule has 3 aromatic carbocycles. The number of hydrazone groups is 1. The van der Waals surface area contributed by atoms with Crippen molar-refractivity contribution >= 4 is 27.9 Å². The predicted octanol–water partition coefficient (Wildman–Crippen LogP) is 3.44. The van der Waals surface area contributed by atoms with Crippen LogP contribution in [-0.2, 0) is 10.1 Å². The fraction of sp³-hybridized carbons (Fsp3) is 0.0909. The first-order chi connectivity index (χ1) is 15.7. The van der Waals surface area contributed by atoms with E-state index in [9.17, 15) is 23.3 Å². The Hall–Kier alpha value is -4.25. The van der Waals surface area contributed by atoms with E-state index in [0.717, 1.165) is 6.07 Å². The maximum atomic E-state index is 12.5. The van der Waals surface area contributed by atoms with Crippen molar-refractivity contribution in [1.29, 1.82) is 0 Å². The van der Waals surface area contributed by atoms with Gasteiger partial charge in [-0.05, 0) is 67.1 Å². The summed E-state index contributed by atoms with van der Waals surface area (Å²) in [6, 6.07) is 15.9. The molecule has 1 amide bonds. The molecule has 3 aromatic rings. The zero-order valence-corrected chi connectivity index (χ0v) is 18.4. The van der Waals surface area contributed by atoms with Gasteiger partial charge in [0.2, 0.25) is 0 Å². The van der Waals surface area contributed by atoms with Crippen molar-refractivity contribution in [3.8, 4) is 11.5 Å². The molecule has 0 aliphatic carbocycles. The van der Waals surface area contributed by atoms with Crippen molar-refractivity contribution in [2.24, 2.45) is 5.10 Å². The third-order valence-corrected chi connectivity index (χ3v) is 5.73. The third-order valence-electron chi connectivity index (χ3n) is 4.48. The minimum atomic E-state index is -4.27. The van der Waals surface area contributed by atoms with Gasteiger partial charge in [0.05, 0.1) is 18.2 Å². The Labute approximate surface area is 189 Å². The molecule has 0 aliphatic heterocycles. The van der Waals surface area contributed by atoms with Crippen LogP contribution in [0.3, 0.4) is 0 Å². The average molecular weight is 469 g/mol. The van der Waals surface area contributed by atoms with Gasteiger partial charge in [0.1, 0.15) is 16.4 Å². The standard InChI is InChI=1S/C22H19N3O7S/c1-15-3-12-20(13-21(15)25(27)28)33(29,30)32-19-8-4-16(5-9-19)14-23-24-22(26)17-6-10-18(31-2)11-7-17/h3-14H,1-2H3,(H,24,26)/b23-14-. The number of nitrogens with one attached hydrogen (secondary N) is 1. The van der Waals surface area contributed by atoms with E-state index in [1.165, 1.54) is 56.6 Å². The first-order valence-corrected chi connectivity index (χ1v) is 10.9. The summed E-state index contributed by atoms with van der Waals surface area (Å²) < 4.78 is 35.0. The van der Waals surface area contributed by atoms with Gasteiger partial charge in [0.25, 0.3) is 11.6 Å². The summed E-state index contributed by atoms with van der Waals surface area (Å²) in [5, 5.41) is 14.9. The van der Waals surface area contributed by atoms with Crippen LogP contribution in [0.15, 0.2) is 76.7 Å². The fourth-order valence-electron chi connectivity index (χ4n) is 2.70. The Morgan fingerprint density at radius 3 is 2.27 bits per heavy atom. The van der Waals surface area contributed by atoms with Crippen LogP contribution < -0.4 is 14.3 Å². The van der Waals surface area contributed by atoms with Crippen LogP contribution in [0.2, 0.25) is 0 Å². The summed E-state index contributed by atoms with van der Waals surface area (Å²) in [5.41, 5.74) is 3.38. The first kappa shape index (κ1) is 23.4. The summed E-state index contributed by atoms with van der Waals surface area (Å²) in [6.45, 7) is 1.51. The van der Waals surface area contributed by atoms with E-state index in [1.54, 1.807) is 24.3 Å². The largest absolute Gasteiger partial charge is 0.497 e. The van der Waals surface area contributed by atoms with Crippen molar-refractivity contribution in [2.75, 3.05) is 7.11 Å². The van der Waals surface area contributed by atoms with Crippen LogP contribution in [-0.4, -0.2) is 32.6 Å². The molecule has 0 aliphatic rings. The van der Waals surface area contributed by atoms with Gasteiger partial charge in [-0.1, -0.05) is 6.07 Å². The highest BCUT2D eigenvalue weighted by atomic mass is 32.2. The molecule has 1 N–H and O–H groups in total. The molecule has 0 unspecified atom stereocenters. The van der Waals surface area contributed by atoms with E-state index in [4.69, 9.17) is 8.92 Å². The number of ether oxygens (including phenoxy) is 1. The van der Waals surface area contributed by atoms with Crippen molar-refractivity contribution in [2.45, 2.75) is 11.8 Å². The number of aryl methyl sites for hydroxylation is 1. The van der Waals surface area contributed by atoms with Crippen LogP contribution in [0.25, 0.3) is 0 Å². The van der Waals surface area contributed by atoms with Crippen molar-refractivity contribution < 1.29 is 27.1 Å². The monoisotopic (exact) mass is 469 g/mol. The maximum absolute atomic E-state index is 12.5. The Balaban J connectivity index is 1.64. The Morgan fingerprint density at radius 2 is 1.67 bits per heavy atom. The van der Waals surface area contributed by atoms with Crippen LogP contribution >= 0.6 is 0 Å². The van der Waals surface area contributed by atoms with E-state index in [0.29, 0.717) is 22.4 Å². The number of nitro benzene ring substituents is 1. The van der Waals surface area contributed by atoms with Gasteiger partial charge in [-0.2, -0.15) is 13.5 Å². The lowest BCUT2D eigenvalue weighted by Crippen LogP contribution is -2.17. The lowest BCUT2D eigenvalue weighted by Gasteiger charge is -2.08. The summed E-state index contributed by atoms with van der Waals surface area (Å²) >= 11 is 0. The fourth-order valence-corrected chi connectivity index (χ4v) is 3.65. The summed E-state index contributed by atoms with van der Waals surface area (Å²) in [7, 11) is -2.74. The topological polar surface area (TPSA) is 137 Å². The number of carbonyl (C=O) groups excluding carboxylic acids is 1. The molecule has 3 rings (SSSR count). The first-order valence-electron chi connectivity index (χ1n) is 9.46. The molecule has 0 atom stereocenters. The van der Waals surface area contributed by atoms with Crippen molar-refractivity contribution in [3.05, 3.63) is 93.5 Å². The van der Waals surface area contributed by atoms with Gasteiger partial charge in [0.15, 0.2) is 0 Å². The van der Waals surface area contributed by atoms with Gasteiger partial charge < -0.3 is 8.92 Å². The second-order valence-corrected chi connectivity index (χ2v) is 8.29. The lowest BCUT2D eigenvalue weighted by molar-refractivity contribution is -0.385. The quantitative estimate of drug-likeness (QED) is 0.231. The van der Waals surface area contributed by atoms with Crippen LogP contribution in [0.4, 0.5) is 5.69 Å². The highest BCUT2D eigenvalue weighted by Gasteiger charge is 2.21. The molecule has 0 fully saturated rings. The molecular formula is C22H19N3O7S. The van der Waals surface area contributed by atoms with Gasteiger partial charge in [-0.3, -0.25) is 14.9 Å². The minimum Gasteiger partial charge on any atom is -0.497 e. The Kier molecular flexibility index (Phi) is 7.04. The van der Waals surface area contributed by atoms with E-state index in [-0.39, 0.29) is 16.3 Å². The summed E-state index contributed by atoms with van der Waals surface area (Å²) in [5.74, 6) is 0.227. The normalized spacial score (nSPS) is 11.2. The molecule has 0 saturated heterocycles. The molecule has 170 valence electrons. The summed E-state index contributed by atoms with van der Waals surface area (Å²) in [6.07, 6.45) is 1.38. The number of hydrogen-bond acceptors (Lipinski definition) is 8. The molecule has 0 aromatic heterocycles. The third kappa shape index (κ3) is 5.92. The molecular weight excluding hydrogens is 450 g/mol. The Bertz CT molecular complexity index is 1300. The number of benzene rings is 3. The molecule has 33 heavy (non-hydrogen) atoms. The number of nitrogens with zero attached hydrogens (tertiary/aromatic N) is 2. The number of hydrogen-bond donors (Lipinski definition) is 1. The smallest absolute Gasteiger partial charge is 0.339 e. The second kappa shape index (κ2) is 9.92. The highest BCUT2D eigenvalue weighted by molar-refractivity contribution is 7.87. The molecule has 0 spiro atoms. The van der Waals surface area contributed by atoms with Gasteiger partial charge in [0, 0.05) is 17.2 Å². The molecule has 0 bridgehead atoms. The molecule has 0 radical (unpaired) electrons. The number of nitro groups is 1. The zero-order chi connectivity index (χ0) is 24.0. The van der Waals surface area contributed by atoms with E-state index in [1.807, 2.05) is 0 Å². The van der Waals surface area contributed by atoms with Gasteiger partial charge >= 0.3 is 10.1 Å². The number of methoxy groups -OCH3 is 1. The second-order valence-electron chi connectivity index (χ2n) is 6.74. The van der Waals surface area contributed by atoms with Gasteiger partial charge in [-0.25, -0.2) is 5.43 Å². The van der Waals surface area contributed by atoms with E-state index in [2.05, 4.69) is 10.5 Å². The molecule has 11 heteroatoms. The average Bonchev–Trinajstić information content (AvgIpc) is 2.80. The van der Waals surface area contributed by atoms with Crippen molar-refractivity contribution in [1.82, 2.24) is 5.43 Å². The Morgan fingerprint density at radius 1 is 1.03 bits per heavy atom. The maximum Gasteiger partial charge on any atom is 0.339 e. The minimum absolute atomic E-state index is 0.0117. The van der Waals surface area contributed by atoms with E-state index >= 15 is 0 Å². The summed E-state index contributed by atoms with van der Waals surface area (Å²) in [4.78, 5) is 22.1. The van der Waals surface area contributed by atoms with Crippen molar-refractivity contribution in [3.63, 3.8) is 0 Å². The SMILES string of the molecule is COc1ccc(C(=O)N/N=C\c2ccc(OS(=O)(=O)c3ccc(C)c([N+](=O)[O-])c3)cc2)cc1. The zero-order valence-electron chi connectivity index (χ0n) is 17.6. The van der Waals surface area contributed by atoms with Crippen LogP contribution in [0, 0.1) is 17.0 Å². The molecule has 10 nitrogen and oxygen atoms in total. The predicted molar refractivity (Wildman–Crippen MR) is 120 cm³/mol. The van der Waals surface area contributed by atoms with E-state index < -0.39 is 20.9 Å². The lowest BCUT2D eigenvalue weighted by atomic mass is 10.2. The van der Waals surface area contributed by atoms with Crippen LogP contribution in [0.1, 0.15) is 21.5 Å². The van der Waals surface area contributed by atoms with Gasteiger partial charge in [-0.15, -0.1) is 0 Å². The van der Waals surface area contributed by atoms with Crippen LogP contribution in [0.5, 0.6) is 11.5 Å².